The molecule has 0 aliphatic carbocycles. The molecule has 7 heteroatoms. The number of rotatable bonds is 3. The highest BCUT2D eigenvalue weighted by Crippen LogP contribution is 2.24. The van der Waals surface area contributed by atoms with Crippen molar-refractivity contribution in [3.63, 3.8) is 0 Å². The molecule has 1 N–H and O–H groups in total. The molecule has 1 saturated heterocycles. The molecule has 0 aromatic heterocycles. The summed E-state index contributed by atoms with van der Waals surface area (Å²) < 4.78 is 9.87. The molecule has 0 radical (unpaired) electrons. The first-order chi connectivity index (χ1) is 10.0. The monoisotopic (exact) mass is 314 g/mol. The van der Waals surface area contributed by atoms with Gasteiger partial charge in [0.25, 0.3) is 0 Å². The minimum atomic E-state index is -0.771. The summed E-state index contributed by atoms with van der Waals surface area (Å²) in [6.07, 6.45) is -0.0902. The summed E-state index contributed by atoms with van der Waals surface area (Å²) in [5.41, 5.74) is -0.635. The van der Waals surface area contributed by atoms with Crippen LogP contribution in [0.2, 0.25) is 0 Å². The van der Waals surface area contributed by atoms with Crippen molar-refractivity contribution in [2.45, 2.75) is 58.7 Å². The van der Waals surface area contributed by atoms with Crippen molar-refractivity contribution in [1.29, 1.82) is 0 Å². The van der Waals surface area contributed by atoms with Crippen molar-refractivity contribution in [3.05, 3.63) is 0 Å². The quantitative estimate of drug-likeness (QED) is 0.794. The lowest BCUT2D eigenvalue weighted by Crippen LogP contribution is -2.51. The smallest absolute Gasteiger partial charge is 0.408 e. The molecule has 0 unspecified atom stereocenters. The van der Waals surface area contributed by atoms with Gasteiger partial charge >= 0.3 is 12.1 Å². The number of nitrogens with zero attached hydrogens (tertiary/aromatic N) is 1. The molecule has 3 atom stereocenters. The second-order valence-corrected chi connectivity index (χ2v) is 6.74. The Hall–Kier alpha value is -1.79. The maximum atomic E-state index is 12.5. The SMILES string of the molecule is COC(=O)[C@@H]1C[C@@H](C)CN1C(=O)[C@H](C)NC(=O)OC(C)(C)C. The van der Waals surface area contributed by atoms with Gasteiger partial charge < -0.3 is 19.7 Å². The molecule has 126 valence electrons. The van der Waals surface area contributed by atoms with Crippen LogP contribution >= 0.6 is 0 Å². The number of methoxy groups -OCH3 is 1. The number of nitrogens with one attached hydrogen (secondary N) is 1. The zero-order valence-electron chi connectivity index (χ0n) is 14.1. The van der Waals surface area contributed by atoms with Gasteiger partial charge in [-0.25, -0.2) is 9.59 Å². The molecular weight excluding hydrogens is 288 g/mol. The van der Waals surface area contributed by atoms with Crippen LogP contribution in [0.15, 0.2) is 0 Å². The van der Waals surface area contributed by atoms with Crippen LogP contribution in [0.5, 0.6) is 0 Å². The predicted molar refractivity (Wildman–Crippen MR) is 80.1 cm³/mol. The molecule has 1 fully saturated rings. The van der Waals surface area contributed by atoms with Gasteiger partial charge in [0.15, 0.2) is 0 Å². The molecule has 0 bridgehead atoms. The molecule has 0 saturated carbocycles. The Morgan fingerprint density at radius 3 is 2.36 bits per heavy atom. The number of esters is 1. The van der Waals surface area contributed by atoms with Crippen molar-refractivity contribution in [2.24, 2.45) is 5.92 Å². The highest BCUT2D eigenvalue weighted by atomic mass is 16.6. The molecule has 22 heavy (non-hydrogen) atoms. The summed E-state index contributed by atoms with van der Waals surface area (Å²) in [6, 6.07) is -1.36. The van der Waals surface area contributed by atoms with E-state index >= 15 is 0 Å². The van der Waals surface area contributed by atoms with Crippen LogP contribution in [-0.4, -0.2) is 54.2 Å². The highest BCUT2D eigenvalue weighted by molar-refractivity contribution is 5.90. The molecule has 2 amide bonds. The zero-order chi connectivity index (χ0) is 17.1. The Balaban J connectivity index is 2.69. The minimum absolute atomic E-state index is 0.210. The van der Waals surface area contributed by atoms with Gasteiger partial charge in [-0.15, -0.1) is 0 Å². The van der Waals surface area contributed by atoms with E-state index in [4.69, 9.17) is 9.47 Å². The lowest BCUT2D eigenvalue weighted by atomic mass is 10.1. The number of amides is 2. The van der Waals surface area contributed by atoms with E-state index in [2.05, 4.69) is 5.32 Å². The summed E-state index contributed by atoms with van der Waals surface area (Å²) in [7, 11) is 1.30. The van der Waals surface area contributed by atoms with Crippen molar-refractivity contribution in [2.75, 3.05) is 13.7 Å². The molecule has 1 aliphatic rings. The first-order valence-electron chi connectivity index (χ1n) is 7.43. The van der Waals surface area contributed by atoms with E-state index in [1.807, 2.05) is 6.92 Å². The van der Waals surface area contributed by atoms with Crippen LogP contribution in [-0.2, 0) is 19.1 Å². The van der Waals surface area contributed by atoms with Crippen LogP contribution < -0.4 is 5.32 Å². The van der Waals surface area contributed by atoms with E-state index in [-0.39, 0.29) is 11.8 Å². The average molecular weight is 314 g/mol. The minimum Gasteiger partial charge on any atom is -0.467 e. The number of hydrogen-bond donors (Lipinski definition) is 1. The fraction of sp³-hybridized carbons (Fsp3) is 0.800. The summed E-state index contributed by atoms with van der Waals surface area (Å²) >= 11 is 0. The van der Waals surface area contributed by atoms with Crippen LogP contribution in [0.3, 0.4) is 0 Å². The van der Waals surface area contributed by atoms with E-state index in [0.717, 1.165) is 0 Å². The zero-order valence-corrected chi connectivity index (χ0v) is 14.1. The third-order valence-electron chi connectivity index (χ3n) is 3.37. The van der Waals surface area contributed by atoms with E-state index in [1.165, 1.54) is 12.0 Å². The van der Waals surface area contributed by atoms with Gasteiger partial charge in [0.05, 0.1) is 7.11 Å². The Labute approximate surface area is 131 Å². The van der Waals surface area contributed by atoms with Gasteiger partial charge in [-0.3, -0.25) is 4.79 Å². The molecule has 7 nitrogen and oxygen atoms in total. The second-order valence-electron chi connectivity index (χ2n) is 6.74. The second kappa shape index (κ2) is 6.98. The van der Waals surface area contributed by atoms with Crippen LogP contribution in [0.25, 0.3) is 0 Å². The maximum absolute atomic E-state index is 12.5. The molecule has 0 spiro atoms. The molecule has 1 heterocycles. The molecule has 0 aromatic carbocycles. The van der Waals surface area contributed by atoms with Gasteiger partial charge in [0.1, 0.15) is 17.7 Å². The maximum Gasteiger partial charge on any atom is 0.408 e. The summed E-state index contributed by atoms with van der Waals surface area (Å²) in [5.74, 6) is -0.533. The average Bonchev–Trinajstić information content (AvgIpc) is 2.76. The number of likely N-dealkylation sites (tertiary alicyclic amines) is 1. The lowest BCUT2D eigenvalue weighted by molar-refractivity contribution is -0.151. The highest BCUT2D eigenvalue weighted by Gasteiger charge is 2.40. The molecule has 0 aromatic rings. The van der Waals surface area contributed by atoms with Crippen molar-refractivity contribution < 1.29 is 23.9 Å². The van der Waals surface area contributed by atoms with Crippen molar-refractivity contribution in [1.82, 2.24) is 10.2 Å². The van der Waals surface area contributed by atoms with Gasteiger partial charge in [0.2, 0.25) is 5.91 Å². The van der Waals surface area contributed by atoms with Crippen LogP contribution in [0.1, 0.15) is 41.0 Å². The standard InChI is InChI=1S/C15H26N2O5/c1-9-7-11(13(19)21-6)17(8-9)12(18)10(2)16-14(20)22-15(3,4)5/h9-11H,7-8H2,1-6H3,(H,16,20)/t9-,10+,11+/m1/s1. The first kappa shape index (κ1) is 18.3. The van der Waals surface area contributed by atoms with Crippen molar-refractivity contribution in [3.8, 4) is 0 Å². The molecular formula is C15H26N2O5. The van der Waals surface area contributed by atoms with E-state index in [1.54, 1.807) is 27.7 Å². The van der Waals surface area contributed by atoms with E-state index < -0.39 is 29.7 Å². The Kier molecular flexibility index (Phi) is 5.79. The third-order valence-corrected chi connectivity index (χ3v) is 3.37. The summed E-state index contributed by atoms with van der Waals surface area (Å²) in [6.45, 7) is 9.25. The molecule has 1 rings (SSSR count). The summed E-state index contributed by atoms with van der Waals surface area (Å²) in [4.78, 5) is 37.4. The predicted octanol–water partition coefficient (Wildman–Crippen LogP) is 1.31. The van der Waals surface area contributed by atoms with Crippen LogP contribution in [0, 0.1) is 5.92 Å². The number of hydrogen-bond acceptors (Lipinski definition) is 5. The topological polar surface area (TPSA) is 84.9 Å². The number of carbonyl (C=O) groups excluding carboxylic acids is 3. The summed E-state index contributed by atoms with van der Waals surface area (Å²) in [5, 5.41) is 2.50. The van der Waals surface area contributed by atoms with Crippen LogP contribution in [0.4, 0.5) is 4.79 Å². The van der Waals surface area contributed by atoms with Gasteiger partial charge in [0, 0.05) is 6.54 Å². The Bertz CT molecular complexity index is 444. The van der Waals surface area contributed by atoms with Crippen molar-refractivity contribution >= 4 is 18.0 Å². The largest absolute Gasteiger partial charge is 0.467 e. The third kappa shape index (κ3) is 4.89. The fourth-order valence-electron chi connectivity index (χ4n) is 2.44. The lowest BCUT2D eigenvalue weighted by Gasteiger charge is -2.27. The fourth-order valence-corrected chi connectivity index (χ4v) is 2.44. The van der Waals surface area contributed by atoms with E-state index in [0.29, 0.717) is 13.0 Å². The Morgan fingerprint density at radius 1 is 1.27 bits per heavy atom. The number of ether oxygens (including phenoxy) is 2. The van der Waals surface area contributed by atoms with Gasteiger partial charge in [-0.1, -0.05) is 6.92 Å². The Morgan fingerprint density at radius 2 is 1.86 bits per heavy atom. The molecule has 1 aliphatic heterocycles. The number of alkyl carbamates (subject to hydrolysis) is 1. The number of carbonyl (C=O) groups is 3. The van der Waals surface area contributed by atoms with E-state index in [9.17, 15) is 14.4 Å². The van der Waals surface area contributed by atoms with Gasteiger partial charge in [-0.05, 0) is 40.0 Å². The first-order valence-corrected chi connectivity index (χ1v) is 7.43. The normalized spacial score (nSPS) is 22.9. The van der Waals surface area contributed by atoms with Gasteiger partial charge in [-0.2, -0.15) is 0 Å².